The molecule has 0 aliphatic carbocycles. The molecule has 0 amide bonds. The van der Waals surface area contributed by atoms with Crippen molar-refractivity contribution < 1.29 is 0 Å². The Labute approximate surface area is 163 Å². The maximum absolute atomic E-state index is 4.80. The van der Waals surface area contributed by atoms with Gasteiger partial charge in [0.05, 0.1) is 5.69 Å². The average molecular weight is 366 g/mol. The summed E-state index contributed by atoms with van der Waals surface area (Å²) >= 11 is 2.04. The molecule has 0 saturated carbocycles. The minimum absolute atomic E-state index is 0.649. The Morgan fingerprint density at radius 1 is 1.15 bits per heavy atom. The molecule has 1 aliphatic rings. The van der Waals surface area contributed by atoms with Gasteiger partial charge in [-0.15, -0.1) is 11.8 Å². The van der Waals surface area contributed by atoms with E-state index < -0.39 is 0 Å². The number of benzene rings is 2. The zero-order chi connectivity index (χ0) is 18.4. The number of hydrogen-bond donors (Lipinski definition) is 0. The first-order chi connectivity index (χ1) is 12.6. The highest BCUT2D eigenvalue weighted by molar-refractivity contribution is 7.99. The molecule has 0 fully saturated rings. The molecule has 1 nitrogen and oxygen atoms in total. The number of thioether (sulfide) groups is 1. The van der Waals surface area contributed by atoms with Gasteiger partial charge in [-0.3, -0.25) is 4.99 Å². The van der Waals surface area contributed by atoms with E-state index in [4.69, 9.17) is 4.99 Å². The molecule has 0 N–H and O–H groups in total. The topological polar surface area (TPSA) is 12.4 Å². The van der Waals surface area contributed by atoms with Crippen molar-refractivity contribution in [1.82, 2.24) is 0 Å². The van der Waals surface area contributed by atoms with E-state index in [0.29, 0.717) is 5.92 Å². The Balaban J connectivity index is 1.46. The van der Waals surface area contributed by atoms with Gasteiger partial charge in [0.1, 0.15) is 0 Å². The molecule has 1 unspecified atom stereocenters. The third kappa shape index (κ3) is 5.23. The largest absolute Gasteiger partial charge is 0.258 e. The lowest BCUT2D eigenvalue weighted by Gasteiger charge is -2.19. The molecule has 0 radical (unpaired) electrons. The van der Waals surface area contributed by atoms with Crippen LogP contribution in [0.1, 0.15) is 68.6 Å². The van der Waals surface area contributed by atoms with E-state index in [2.05, 4.69) is 63.2 Å². The smallest absolute Gasteiger partial charge is 0.0658 e. The summed E-state index contributed by atoms with van der Waals surface area (Å²) in [5.74, 6) is 1.93. The maximum atomic E-state index is 4.80. The molecule has 1 heterocycles. The van der Waals surface area contributed by atoms with Crippen LogP contribution in [0.2, 0.25) is 0 Å². The van der Waals surface area contributed by atoms with Crippen LogP contribution in [0.5, 0.6) is 0 Å². The van der Waals surface area contributed by atoms with Crippen LogP contribution < -0.4 is 0 Å². The molecule has 2 aromatic carbocycles. The first kappa shape index (κ1) is 19.2. The second kappa shape index (κ2) is 9.41. The summed E-state index contributed by atoms with van der Waals surface area (Å²) in [5.41, 5.74) is 6.69. The third-order valence-electron chi connectivity index (χ3n) is 5.36. The summed E-state index contributed by atoms with van der Waals surface area (Å²) in [4.78, 5) is 6.32. The van der Waals surface area contributed by atoms with Crippen LogP contribution in [0.3, 0.4) is 0 Å². The van der Waals surface area contributed by atoms with E-state index in [1.807, 2.05) is 11.8 Å². The Morgan fingerprint density at radius 3 is 2.85 bits per heavy atom. The predicted molar refractivity (Wildman–Crippen MR) is 116 cm³/mol. The van der Waals surface area contributed by atoms with E-state index in [9.17, 15) is 0 Å². The Kier molecular flexibility index (Phi) is 6.96. The second-order valence-corrected chi connectivity index (χ2v) is 8.74. The number of hydrogen-bond acceptors (Lipinski definition) is 2. The molecular weight excluding hydrogens is 334 g/mol. The highest BCUT2D eigenvalue weighted by Gasteiger charge is 2.13. The van der Waals surface area contributed by atoms with Crippen LogP contribution in [-0.2, 0) is 6.42 Å². The molecule has 3 rings (SSSR count). The van der Waals surface area contributed by atoms with Crippen molar-refractivity contribution in [3.8, 4) is 0 Å². The zero-order valence-corrected chi connectivity index (χ0v) is 17.2. The van der Waals surface area contributed by atoms with Crippen molar-refractivity contribution >= 4 is 23.2 Å². The lowest BCUT2D eigenvalue weighted by Crippen LogP contribution is -2.01. The molecule has 138 valence electrons. The van der Waals surface area contributed by atoms with E-state index >= 15 is 0 Å². The van der Waals surface area contributed by atoms with Crippen molar-refractivity contribution in [3.05, 3.63) is 59.2 Å². The highest BCUT2D eigenvalue weighted by atomic mass is 32.2. The Bertz CT molecular complexity index is 763. The summed E-state index contributed by atoms with van der Waals surface area (Å²) in [6.45, 7) is 6.67. The second-order valence-electron chi connectivity index (χ2n) is 7.60. The Hall–Kier alpha value is -1.54. The van der Waals surface area contributed by atoms with E-state index in [1.54, 1.807) is 5.56 Å². The summed E-state index contributed by atoms with van der Waals surface area (Å²) in [6.07, 6.45) is 7.45. The summed E-state index contributed by atoms with van der Waals surface area (Å²) in [5, 5.41) is 0. The first-order valence-corrected chi connectivity index (χ1v) is 11.0. The van der Waals surface area contributed by atoms with Gasteiger partial charge in [-0.25, -0.2) is 0 Å². The van der Waals surface area contributed by atoms with E-state index in [1.165, 1.54) is 59.6 Å². The SMILES string of the molecule is C/C(CCCCC(C)c1ccc2c(c1)SCCC2)=N\c1ccccc1C. The number of fused-ring (bicyclic) bond motifs is 1. The van der Waals surface area contributed by atoms with E-state index in [0.717, 1.165) is 12.1 Å². The van der Waals surface area contributed by atoms with Gasteiger partial charge in [0.25, 0.3) is 0 Å². The Morgan fingerprint density at radius 2 is 2.00 bits per heavy atom. The number of para-hydroxylation sites is 1. The van der Waals surface area contributed by atoms with Gasteiger partial charge in [-0.2, -0.15) is 0 Å². The lowest BCUT2D eigenvalue weighted by molar-refractivity contribution is 0.612. The highest BCUT2D eigenvalue weighted by Crippen LogP contribution is 2.33. The van der Waals surface area contributed by atoms with Crippen LogP contribution in [0.15, 0.2) is 52.4 Å². The monoisotopic (exact) mass is 365 g/mol. The lowest BCUT2D eigenvalue weighted by atomic mass is 9.93. The normalized spacial score (nSPS) is 15.6. The number of aliphatic imine (C=N–C) groups is 1. The molecule has 0 bridgehead atoms. The zero-order valence-electron chi connectivity index (χ0n) is 16.4. The van der Waals surface area contributed by atoms with Crippen LogP contribution in [0, 0.1) is 6.92 Å². The van der Waals surface area contributed by atoms with Crippen LogP contribution in [0.4, 0.5) is 5.69 Å². The minimum atomic E-state index is 0.649. The van der Waals surface area contributed by atoms with Gasteiger partial charge in [-0.1, -0.05) is 43.7 Å². The standard InChI is InChI=1S/C24H31NS/c1-18(22-15-14-21-12-8-16-26-24(21)17-22)9-4-6-11-20(3)25-23-13-7-5-10-19(23)2/h5,7,10,13-15,17-18H,4,6,8-9,11-12,16H2,1-3H3/b25-20+. The van der Waals surface area contributed by atoms with Gasteiger partial charge in [0.2, 0.25) is 0 Å². The number of nitrogens with zero attached hydrogens (tertiary/aromatic N) is 1. The summed E-state index contributed by atoms with van der Waals surface area (Å²) in [7, 11) is 0. The third-order valence-corrected chi connectivity index (χ3v) is 6.54. The van der Waals surface area contributed by atoms with Crippen LogP contribution >= 0.6 is 11.8 Å². The van der Waals surface area contributed by atoms with Crippen molar-refractivity contribution in [1.29, 1.82) is 0 Å². The fourth-order valence-electron chi connectivity index (χ4n) is 3.61. The molecular formula is C24H31NS. The fourth-order valence-corrected chi connectivity index (χ4v) is 4.70. The van der Waals surface area contributed by atoms with E-state index in [-0.39, 0.29) is 0 Å². The van der Waals surface area contributed by atoms with Gasteiger partial charge in [-0.05, 0) is 86.4 Å². The first-order valence-electron chi connectivity index (χ1n) is 9.99. The summed E-state index contributed by atoms with van der Waals surface area (Å²) in [6, 6.07) is 15.6. The fraction of sp³-hybridized carbons (Fsp3) is 0.458. The summed E-state index contributed by atoms with van der Waals surface area (Å²) < 4.78 is 0. The molecule has 1 atom stereocenters. The number of unbranched alkanes of at least 4 members (excludes halogenated alkanes) is 1. The van der Waals surface area contributed by atoms with Gasteiger partial charge in [0, 0.05) is 10.6 Å². The molecule has 0 aromatic heterocycles. The van der Waals surface area contributed by atoms with Gasteiger partial charge < -0.3 is 0 Å². The number of rotatable bonds is 7. The quantitative estimate of drug-likeness (QED) is 0.366. The maximum Gasteiger partial charge on any atom is 0.0658 e. The molecule has 0 saturated heterocycles. The van der Waals surface area contributed by atoms with Crippen LogP contribution in [0.25, 0.3) is 0 Å². The molecule has 2 aromatic rings. The molecule has 1 aliphatic heterocycles. The van der Waals surface area contributed by atoms with Crippen molar-refractivity contribution in [2.45, 2.75) is 70.1 Å². The molecule has 26 heavy (non-hydrogen) atoms. The van der Waals surface area contributed by atoms with Crippen molar-refractivity contribution in [2.24, 2.45) is 4.99 Å². The number of aryl methyl sites for hydroxylation is 2. The average Bonchev–Trinajstić information content (AvgIpc) is 2.66. The van der Waals surface area contributed by atoms with Crippen LogP contribution in [-0.4, -0.2) is 11.5 Å². The minimum Gasteiger partial charge on any atom is -0.258 e. The predicted octanol–water partition coefficient (Wildman–Crippen LogP) is 7.49. The molecule has 0 spiro atoms. The molecule has 2 heteroatoms. The van der Waals surface area contributed by atoms with Gasteiger partial charge >= 0.3 is 0 Å². The van der Waals surface area contributed by atoms with Crippen molar-refractivity contribution in [2.75, 3.05) is 5.75 Å². The van der Waals surface area contributed by atoms with Gasteiger partial charge in [0.15, 0.2) is 0 Å². The van der Waals surface area contributed by atoms with Crippen molar-refractivity contribution in [3.63, 3.8) is 0 Å².